The Morgan fingerprint density at radius 1 is 1.38 bits per heavy atom. The maximum Gasteiger partial charge on any atom is 0.269 e. The molecule has 1 aromatic carbocycles. The highest BCUT2D eigenvalue weighted by Gasteiger charge is 2.26. The Labute approximate surface area is 132 Å². The highest BCUT2D eigenvalue weighted by Crippen LogP contribution is 2.26. The van der Waals surface area contributed by atoms with Gasteiger partial charge in [0.15, 0.2) is 0 Å². The normalized spacial score (nSPS) is 11.2. The molecule has 21 heavy (non-hydrogen) atoms. The summed E-state index contributed by atoms with van der Waals surface area (Å²) in [6.07, 6.45) is 0. The fourth-order valence-corrected chi connectivity index (χ4v) is 2.67. The smallest absolute Gasteiger partial charge is 0.269 e. The third-order valence-electron chi connectivity index (χ3n) is 2.81. The van der Waals surface area contributed by atoms with Gasteiger partial charge in [-0.1, -0.05) is 49.6 Å². The molecule has 0 bridgehead atoms. The van der Waals surface area contributed by atoms with Crippen LogP contribution in [0.1, 0.15) is 41.7 Å². The SMILES string of the molecule is CC(C)(C)c1nnsc1C(=O)Nc1cccc(C(N)=S)c1. The molecule has 5 nitrogen and oxygen atoms in total. The van der Waals surface area contributed by atoms with Gasteiger partial charge in [-0.25, -0.2) is 0 Å². The number of nitrogens with zero attached hydrogens (tertiary/aromatic N) is 2. The first-order chi connectivity index (χ1) is 9.79. The molecule has 0 saturated carbocycles. The molecule has 1 aromatic heterocycles. The number of carbonyl (C=O) groups excluding carboxylic acids is 1. The van der Waals surface area contributed by atoms with Gasteiger partial charge in [0.05, 0.1) is 5.69 Å². The predicted molar refractivity (Wildman–Crippen MR) is 88.9 cm³/mol. The fraction of sp³-hybridized carbons (Fsp3) is 0.286. The van der Waals surface area contributed by atoms with Gasteiger partial charge < -0.3 is 11.1 Å². The summed E-state index contributed by atoms with van der Waals surface area (Å²) >= 11 is 6.02. The zero-order valence-corrected chi connectivity index (χ0v) is 13.6. The first kappa shape index (κ1) is 15.5. The molecule has 0 saturated heterocycles. The van der Waals surface area contributed by atoms with Crippen LogP contribution >= 0.6 is 23.8 Å². The largest absolute Gasteiger partial charge is 0.389 e. The summed E-state index contributed by atoms with van der Waals surface area (Å²) in [4.78, 5) is 13.2. The van der Waals surface area contributed by atoms with Gasteiger partial charge in [-0.3, -0.25) is 4.79 Å². The summed E-state index contributed by atoms with van der Waals surface area (Å²) in [5.41, 5.74) is 7.39. The minimum Gasteiger partial charge on any atom is -0.389 e. The van der Waals surface area contributed by atoms with Crippen molar-refractivity contribution in [3.05, 3.63) is 40.4 Å². The van der Waals surface area contributed by atoms with Crippen LogP contribution in [0.15, 0.2) is 24.3 Å². The highest BCUT2D eigenvalue weighted by atomic mass is 32.1. The molecule has 0 unspecified atom stereocenters. The molecule has 0 aliphatic heterocycles. The summed E-state index contributed by atoms with van der Waals surface area (Å²) in [7, 11) is 0. The van der Waals surface area contributed by atoms with Crippen LogP contribution in [0.3, 0.4) is 0 Å². The molecule has 0 radical (unpaired) electrons. The maximum absolute atomic E-state index is 12.4. The van der Waals surface area contributed by atoms with Crippen LogP contribution in [0.4, 0.5) is 5.69 Å². The van der Waals surface area contributed by atoms with Crippen LogP contribution in [0.25, 0.3) is 0 Å². The van der Waals surface area contributed by atoms with Crippen LogP contribution in [0.5, 0.6) is 0 Å². The Morgan fingerprint density at radius 3 is 2.71 bits per heavy atom. The second-order valence-corrected chi connectivity index (χ2v) is 6.79. The fourth-order valence-electron chi connectivity index (χ4n) is 1.77. The number of amides is 1. The third kappa shape index (κ3) is 3.62. The van der Waals surface area contributed by atoms with E-state index in [1.54, 1.807) is 24.3 Å². The zero-order chi connectivity index (χ0) is 15.6. The molecule has 1 heterocycles. The Kier molecular flexibility index (Phi) is 4.34. The minimum atomic E-state index is -0.236. The van der Waals surface area contributed by atoms with Gasteiger partial charge >= 0.3 is 0 Å². The van der Waals surface area contributed by atoms with E-state index >= 15 is 0 Å². The molecule has 0 fully saturated rings. The van der Waals surface area contributed by atoms with Crippen LogP contribution in [-0.2, 0) is 5.41 Å². The lowest BCUT2D eigenvalue weighted by Gasteiger charge is -2.16. The van der Waals surface area contributed by atoms with Crippen LogP contribution in [-0.4, -0.2) is 20.5 Å². The minimum absolute atomic E-state index is 0.227. The number of nitrogens with one attached hydrogen (secondary N) is 1. The van der Waals surface area contributed by atoms with Crippen molar-refractivity contribution in [3.8, 4) is 0 Å². The van der Waals surface area contributed by atoms with Crippen LogP contribution < -0.4 is 11.1 Å². The van der Waals surface area contributed by atoms with E-state index in [0.717, 1.165) is 11.5 Å². The average Bonchev–Trinajstić information content (AvgIpc) is 2.88. The molecule has 0 aliphatic rings. The average molecular weight is 320 g/mol. The van der Waals surface area contributed by atoms with Gasteiger partial charge in [0.25, 0.3) is 5.91 Å². The number of rotatable bonds is 3. The molecule has 0 aliphatic carbocycles. The van der Waals surface area contributed by atoms with E-state index in [-0.39, 0.29) is 11.3 Å². The molecular formula is C14H16N4OS2. The summed E-state index contributed by atoms with van der Waals surface area (Å²) in [6, 6.07) is 7.11. The van der Waals surface area contributed by atoms with Crippen LogP contribution in [0.2, 0.25) is 0 Å². The van der Waals surface area contributed by atoms with Gasteiger partial charge in [-0.2, -0.15) is 0 Å². The second kappa shape index (κ2) is 5.87. The molecule has 1 amide bonds. The van der Waals surface area contributed by atoms with E-state index in [2.05, 4.69) is 14.9 Å². The zero-order valence-electron chi connectivity index (χ0n) is 12.0. The van der Waals surface area contributed by atoms with Crippen molar-refractivity contribution in [2.45, 2.75) is 26.2 Å². The molecule has 2 rings (SSSR count). The lowest BCUT2D eigenvalue weighted by Crippen LogP contribution is -2.20. The molecule has 110 valence electrons. The molecule has 0 atom stereocenters. The van der Waals surface area contributed by atoms with Gasteiger partial charge in [-0.05, 0) is 23.7 Å². The Balaban J connectivity index is 2.25. The second-order valence-electron chi connectivity index (χ2n) is 5.60. The summed E-state index contributed by atoms with van der Waals surface area (Å²) in [5, 5.41) is 6.89. The van der Waals surface area contributed by atoms with Crippen LogP contribution in [0, 0.1) is 0 Å². The van der Waals surface area contributed by atoms with E-state index in [4.69, 9.17) is 18.0 Å². The van der Waals surface area contributed by atoms with E-state index < -0.39 is 0 Å². The number of anilines is 1. The van der Waals surface area contributed by atoms with Crippen molar-refractivity contribution in [2.24, 2.45) is 5.73 Å². The highest BCUT2D eigenvalue weighted by molar-refractivity contribution is 7.80. The summed E-state index contributed by atoms with van der Waals surface area (Å²) in [6.45, 7) is 5.98. The van der Waals surface area contributed by atoms with Crippen molar-refractivity contribution in [3.63, 3.8) is 0 Å². The number of carbonyl (C=O) groups is 1. The first-order valence-corrected chi connectivity index (χ1v) is 7.51. The van der Waals surface area contributed by atoms with Crippen molar-refractivity contribution < 1.29 is 4.79 Å². The Bertz CT molecular complexity index is 688. The number of hydrogen-bond acceptors (Lipinski definition) is 5. The Morgan fingerprint density at radius 2 is 2.10 bits per heavy atom. The molecule has 3 N–H and O–H groups in total. The van der Waals surface area contributed by atoms with Crippen molar-refractivity contribution in [2.75, 3.05) is 5.32 Å². The molecule has 7 heteroatoms. The predicted octanol–water partition coefficient (Wildman–Crippen LogP) is 2.72. The number of benzene rings is 1. The van der Waals surface area contributed by atoms with Crippen molar-refractivity contribution in [1.29, 1.82) is 0 Å². The van der Waals surface area contributed by atoms with Gasteiger partial charge in [0.2, 0.25) is 0 Å². The standard InChI is InChI=1S/C14H16N4OS2/c1-14(2,3)11-10(21-18-17-11)13(19)16-9-6-4-5-8(7-9)12(15)20/h4-7H,1-3H3,(H2,15,20)(H,16,19). The first-order valence-electron chi connectivity index (χ1n) is 6.33. The number of hydrogen-bond donors (Lipinski definition) is 2. The molecular weight excluding hydrogens is 304 g/mol. The quantitative estimate of drug-likeness (QED) is 0.850. The van der Waals surface area contributed by atoms with E-state index in [1.165, 1.54) is 0 Å². The molecule has 2 aromatic rings. The summed E-state index contributed by atoms with van der Waals surface area (Å²) < 4.78 is 3.89. The molecule has 0 spiro atoms. The number of aromatic nitrogens is 2. The van der Waals surface area contributed by atoms with Crippen molar-refractivity contribution in [1.82, 2.24) is 9.59 Å². The lowest BCUT2D eigenvalue weighted by atomic mass is 9.91. The van der Waals surface area contributed by atoms with E-state index in [0.29, 0.717) is 26.8 Å². The van der Waals surface area contributed by atoms with Crippen molar-refractivity contribution >= 4 is 40.3 Å². The topological polar surface area (TPSA) is 80.9 Å². The van der Waals surface area contributed by atoms with Gasteiger partial charge in [-0.15, -0.1) is 5.10 Å². The van der Waals surface area contributed by atoms with E-state index in [9.17, 15) is 4.79 Å². The Hall–Kier alpha value is -1.86. The van der Waals surface area contributed by atoms with E-state index in [1.807, 2.05) is 20.8 Å². The summed E-state index contributed by atoms with van der Waals surface area (Å²) in [5.74, 6) is -0.227. The number of nitrogens with two attached hydrogens (primary N) is 1. The lowest BCUT2D eigenvalue weighted by molar-refractivity contribution is 0.102. The maximum atomic E-state index is 12.4. The monoisotopic (exact) mass is 320 g/mol. The third-order valence-corrected chi connectivity index (χ3v) is 3.77. The van der Waals surface area contributed by atoms with Gasteiger partial charge in [0.1, 0.15) is 9.87 Å². The van der Waals surface area contributed by atoms with Gasteiger partial charge in [0, 0.05) is 16.7 Å². The number of thiocarbonyl (C=S) groups is 1.